The van der Waals surface area contributed by atoms with E-state index in [4.69, 9.17) is 6.58 Å². The average Bonchev–Trinajstić information content (AvgIpc) is 2.72. The number of rotatable bonds is 0. The maximum Gasteiger partial charge on any atom is 0.0136 e. The van der Waals surface area contributed by atoms with Crippen molar-refractivity contribution in [3.8, 4) is 0 Å². The van der Waals surface area contributed by atoms with Crippen molar-refractivity contribution >= 4 is 0 Å². The van der Waals surface area contributed by atoms with Gasteiger partial charge in [-0.1, -0.05) is 97.4 Å². The minimum Gasteiger partial charge on any atom is -0.0955 e. The van der Waals surface area contributed by atoms with E-state index in [0.717, 1.165) is 5.92 Å². The molecule has 0 bridgehead atoms. The Bertz CT molecular complexity index is 988. The fraction of sp³-hybridized carbons (Fsp3) is 0.758. The van der Waals surface area contributed by atoms with Crippen LogP contribution in [0.25, 0.3) is 0 Å². The highest BCUT2D eigenvalue weighted by molar-refractivity contribution is 5.51. The Morgan fingerprint density at radius 3 is 2.09 bits per heavy atom. The molecule has 0 heterocycles. The molecular weight excluding hydrogens is 396 g/mol. The Morgan fingerprint density at radius 2 is 1.42 bits per heavy atom. The molecule has 5 aliphatic carbocycles. The van der Waals surface area contributed by atoms with E-state index >= 15 is 0 Å². The third kappa shape index (κ3) is 2.71. The van der Waals surface area contributed by atoms with Crippen LogP contribution in [0.4, 0.5) is 0 Å². The first kappa shape index (κ1) is 23.7. The van der Waals surface area contributed by atoms with Gasteiger partial charge in [0.2, 0.25) is 0 Å². The van der Waals surface area contributed by atoms with E-state index in [9.17, 15) is 0 Å². The Labute approximate surface area is 205 Å². The van der Waals surface area contributed by atoms with Gasteiger partial charge in [0.15, 0.2) is 0 Å². The third-order valence-electron chi connectivity index (χ3n) is 13.3. The molecule has 5 rings (SSSR count). The van der Waals surface area contributed by atoms with Gasteiger partial charge < -0.3 is 0 Å². The van der Waals surface area contributed by atoms with Crippen LogP contribution in [-0.4, -0.2) is 0 Å². The minimum absolute atomic E-state index is 0.0776. The lowest BCUT2D eigenvalue weighted by atomic mass is 9.33. The molecule has 8 atom stereocenters. The molecule has 0 N–H and O–H groups in total. The molecule has 0 heteroatoms. The maximum atomic E-state index is 4.87. The molecule has 3 fully saturated rings. The molecular formula is C33H50. The highest BCUT2D eigenvalue weighted by atomic mass is 14.7. The molecule has 0 aliphatic heterocycles. The van der Waals surface area contributed by atoms with E-state index in [1.165, 1.54) is 61.7 Å². The largest absolute Gasteiger partial charge is 0.0955 e. The lowest BCUT2D eigenvalue weighted by molar-refractivity contribution is -0.143. The molecule has 6 unspecified atom stereocenters. The fourth-order valence-corrected chi connectivity index (χ4v) is 10.1. The second kappa shape index (κ2) is 6.59. The van der Waals surface area contributed by atoms with Gasteiger partial charge in [0.1, 0.15) is 0 Å². The molecule has 0 radical (unpaired) electrons. The van der Waals surface area contributed by atoms with E-state index in [1.807, 2.05) is 0 Å². The van der Waals surface area contributed by atoms with E-state index in [1.54, 1.807) is 5.57 Å². The van der Waals surface area contributed by atoms with Gasteiger partial charge in [0.05, 0.1) is 0 Å². The zero-order valence-corrected chi connectivity index (χ0v) is 23.3. The van der Waals surface area contributed by atoms with Crippen LogP contribution in [0.2, 0.25) is 0 Å². The summed E-state index contributed by atoms with van der Waals surface area (Å²) >= 11 is 0. The molecule has 0 aromatic heterocycles. The summed E-state index contributed by atoms with van der Waals surface area (Å²) in [7, 11) is 0. The highest BCUT2D eigenvalue weighted by Gasteiger charge is 2.68. The van der Waals surface area contributed by atoms with Gasteiger partial charge in [-0.3, -0.25) is 0 Å². The van der Waals surface area contributed by atoms with Gasteiger partial charge in [-0.05, 0) is 102 Å². The lowest BCUT2D eigenvalue weighted by Gasteiger charge is -2.71. The Kier molecular flexibility index (Phi) is 4.73. The van der Waals surface area contributed by atoms with Gasteiger partial charge in [0.25, 0.3) is 0 Å². The summed E-state index contributed by atoms with van der Waals surface area (Å²) in [6.07, 6.45) is 14.8. The molecule has 5 aliphatic rings. The standard InChI is InChI=1S/C33H50/c1-21-18-26-31(9,17-16-30(8)24(4)23(3)22(2)19-33(26,30)11)32(10)15-14-29(7)13-12-28(5,6)20-25(29)27(21)32/h18-19,24-25,27H,1,3,12-17,20H2,2,4-11H3/t24?,25?,27?,29?,30-,31?,32+,33?/m0/s1. The van der Waals surface area contributed by atoms with Crippen LogP contribution in [0.15, 0.2) is 47.6 Å². The number of hydrogen-bond donors (Lipinski definition) is 0. The van der Waals surface area contributed by atoms with Gasteiger partial charge in [-0.15, -0.1) is 0 Å². The van der Waals surface area contributed by atoms with E-state index < -0.39 is 0 Å². The van der Waals surface area contributed by atoms with Crippen LogP contribution in [-0.2, 0) is 0 Å². The maximum absolute atomic E-state index is 4.87. The Morgan fingerprint density at radius 1 is 0.818 bits per heavy atom. The van der Waals surface area contributed by atoms with Crippen LogP contribution in [0.5, 0.6) is 0 Å². The Hall–Kier alpha value is -1.04. The van der Waals surface area contributed by atoms with E-state index in [0.29, 0.717) is 28.1 Å². The number of fused-ring (bicyclic) bond motifs is 7. The van der Waals surface area contributed by atoms with Crippen molar-refractivity contribution in [2.24, 2.45) is 50.2 Å². The summed E-state index contributed by atoms with van der Waals surface area (Å²) in [5, 5.41) is 0. The number of hydrogen-bond acceptors (Lipinski definition) is 0. The van der Waals surface area contributed by atoms with Crippen molar-refractivity contribution in [3.63, 3.8) is 0 Å². The smallest absolute Gasteiger partial charge is 0.0136 e. The van der Waals surface area contributed by atoms with Gasteiger partial charge in [-0.2, -0.15) is 0 Å². The van der Waals surface area contributed by atoms with Crippen molar-refractivity contribution in [1.29, 1.82) is 0 Å². The summed E-state index contributed by atoms with van der Waals surface area (Å²) in [5.74, 6) is 1.91. The van der Waals surface area contributed by atoms with Gasteiger partial charge in [0, 0.05) is 5.41 Å². The summed E-state index contributed by atoms with van der Waals surface area (Å²) in [6.45, 7) is 32.3. The normalized spacial score (nSPS) is 53.2. The Balaban J connectivity index is 1.69. The second-order valence-electron chi connectivity index (χ2n) is 15.2. The zero-order valence-electron chi connectivity index (χ0n) is 23.3. The predicted octanol–water partition coefficient (Wildman–Crippen LogP) is 9.70. The summed E-state index contributed by atoms with van der Waals surface area (Å²) in [6, 6.07) is 0. The molecule has 33 heavy (non-hydrogen) atoms. The summed E-state index contributed by atoms with van der Waals surface area (Å²) in [5.41, 5.74) is 7.72. The van der Waals surface area contributed by atoms with Crippen LogP contribution in [0.1, 0.15) is 107 Å². The SMILES string of the molecule is C=C1C(C)=CC2(C)C3=CC(=C)C4C5CC(C)(C)CCC5(C)CC[C@@]4(C)C3(C)CC[C@@]2(C)C1C. The van der Waals surface area contributed by atoms with Crippen LogP contribution >= 0.6 is 0 Å². The van der Waals surface area contributed by atoms with E-state index in [2.05, 4.69) is 81.0 Å². The molecule has 0 aromatic rings. The van der Waals surface area contributed by atoms with Gasteiger partial charge >= 0.3 is 0 Å². The van der Waals surface area contributed by atoms with E-state index in [-0.39, 0.29) is 16.2 Å². The molecule has 0 spiro atoms. The zero-order chi connectivity index (χ0) is 24.4. The molecule has 0 nitrogen and oxygen atoms in total. The quantitative estimate of drug-likeness (QED) is 0.347. The molecule has 0 amide bonds. The lowest BCUT2D eigenvalue weighted by Crippen LogP contribution is -2.63. The number of allylic oxidation sites excluding steroid dienone is 6. The second-order valence-corrected chi connectivity index (χ2v) is 15.2. The van der Waals surface area contributed by atoms with Crippen LogP contribution < -0.4 is 0 Å². The van der Waals surface area contributed by atoms with Crippen molar-refractivity contribution in [3.05, 3.63) is 47.6 Å². The minimum atomic E-state index is 0.0776. The topological polar surface area (TPSA) is 0 Å². The molecule has 0 aromatic carbocycles. The summed E-state index contributed by atoms with van der Waals surface area (Å²) in [4.78, 5) is 0. The fourth-order valence-electron chi connectivity index (χ4n) is 10.1. The van der Waals surface area contributed by atoms with Crippen molar-refractivity contribution in [2.45, 2.75) is 107 Å². The monoisotopic (exact) mass is 446 g/mol. The first-order chi connectivity index (χ1) is 15.0. The van der Waals surface area contributed by atoms with Crippen molar-refractivity contribution in [2.75, 3.05) is 0 Å². The molecule has 182 valence electrons. The average molecular weight is 447 g/mol. The van der Waals surface area contributed by atoms with Crippen molar-refractivity contribution in [1.82, 2.24) is 0 Å². The molecule has 3 saturated carbocycles. The first-order valence-electron chi connectivity index (χ1n) is 13.8. The van der Waals surface area contributed by atoms with Gasteiger partial charge in [-0.25, -0.2) is 0 Å². The predicted molar refractivity (Wildman–Crippen MR) is 143 cm³/mol. The molecule has 0 saturated heterocycles. The third-order valence-corrected chi connectivity index (χ3v) is 13.3. The first-order valence-corrected chi connectivity index (χ1v) is 13.8. The van der Waals surface area contributed by atoms with Crippen LogP contribution in [0, 0.1) is 50.2 Å². The van der Waals surface area contributed by atoms with Crippen LogP contribution in [0.3, 0.4) is 0 Å². The summed E-state index contributed by atoms with van der Waals surface area (Å²) < 4.78 is 0. The van der Waals surface area contributed by atoms with Crippen molar-refractivity contribution < 1.29 is 0 Å². The highest BCUT2D eigenvalue weighted by Crippen LogP contribution is 2.77.